The van der Waals surface area contributed by atoms with Crippen molar-refractivity contribution in [1.82, 2.24) is 9.62 Å². The largest absolute Gasteiger partial charge is 0.314 e. The maximum Gasteiger partial charge on any atom is 0.253 e. The van der Waals surface area contributed by atoms with Gasteiger partial charge in [-0.3, -0.25) is 0 Å². The number of thiophene rings is 1. The average Bonchev–Trinajstić information content (AvgIpc) is 3.10. The van der Waals surface area contributed by atoms with E-state index in [2.05, 4.69) is 21.2 Å². The molecule has 0 aromatic carbocycles. The molecule has 0 saturated carbocycles. The van der Waals surface area contributed by atoms with Gasteiger partial charge in [0.15, 0.2) is 0 Å². The van der Waals surface area contributed by atoms with Crippen LogP contribution >= 0.6 is 27.3 Å². The van der Waals surface area contributed by atoms with E-state index in [9.17, 15) is 8.42 Å². The minimum absolute atomic E-state index is 0.442. The molecule has 2 fully saturated rings. The summed E-state index contributed by atoms with van der Waals surface area (Å²) >= 11 is 4.63. The SMILES string of the molecule is O=S(=O)(c1sccc1Br)N1CCCC(C2CCCN2)C1. The molecule has 2 unspecified atom stereocenters. The molecule has 2 saturated heterocycles. The van der Waals surface area contributed by atoms with Gasteiger partial charge >= 0.3 is 0 Å². The number of sulfonamides is 1. The van der Waals surface area contributed by atoms with Crippen LogP contribution in [0.25, 0.3) is 0 Å². The van der Waals surface area contributed by atoms with E-state index in [1.807, 2.05) is 5.38 Å². The van der Waals surface area contributed by atoms with Gasteiger partial charge in [-0.2, -0.15) is 4.31 Å². The molecule has 0 amide bonds. The molecule has 0 radical (unpaired) electrons. The minimum Gasteiger partial charge on any atom is -0.314 e. The van der Waals surface area contributed by atoms with Crippen LogP contribution in [0.15, 0.2) is 20.1 Å². The number of halogens is 1. The lowest BCUT2D eigenvalue weighted by Gasteiger charge is -2.34. The number of rotatable bonds is 3. The van der Waals surface area contributed by atoms with Crippen molar-refractivity contribution < 1.29 is 8.42 Å². The van der Waals surface area contributed by atoms with E-state index in [0.717, 1.165) is 19.4 Å². The smallest absolute Gasteiger partial charge is 0.253 e. The monoisotopic (exact) mass is 378 g/mol. The van der Waals surface area contributed by atoms with Gasteiger partial charge in [-0.05, 0) is 65.5 Å². The maximum atomic E-state index is 12.7. The summed E-state index contributed by atoms with van der Waals surface area (Å²) in [5.41, 5.74) is 0. The first-order chi connectivity index (χ1) is 9.59. The molecule has 1 aromatic rings. The second kappa shape index (κ2) is 6.04. The Labute approximate surface area is 132 Å². The van der Waals surface area contributed by atoms with Crippen LogP contribution in [0.4, 0.5) is 0 Å². The standard InChI is InChI=1S/C13H19BrN2O2S2/c14-11-5-8-19-13(11)20(17,18)16-7-2-3-10(9-16)12-4-1-6-15-12/h5,8,10,12,15H,1-4,6-7,9H2. The Balaban J connectivity index is 1.78. The molecule has 1 N–H and O–H groups in total. The first-order valence-electron chi connectivity index (χ1n) is 7.05. The van der Waals surface area contributed by atoms with Crippen molar-refractivity contribution in [3.63, 3.8) is 0 Å². The molecular formula is C13H19BrN2O2S2. The molecule has 0 aliphatic carbocycles. The third-order valence-corrected chi connectivity index (χ3v) is 8.76. The third-order valence-electron chi connectivity index (χ3n) is 4.25. The summed E-state index contributed by atoms with van der Waals surface area (Å²) in [7, 11) is -3.33. The Morgan fingerprint density at radius 1 is 1.35 bits per heavy atom. The molecule has 3 heterocycles. The van der Waals surface area contributed by atoms with E-state index >= 15 is 0 Å². The zero-order valence-corrected chi connectivity index (χ0v) is 14.4. The van der Waals surface area contributed by atoms with Crippen LogP contribution < -0.4 is 5.32 Å². The average molecular weight is 379 g/mol. The second-order valence-corrected chi connectivity index (χ2v) is 9.43. The van der Waals surface area contributed by atoms with E-state index in [0.29, 0.717) is 33.7 Å². The zero-order valence-electron chi connectivity index (χ0n) is 11.2. The lowest BCUT2D eigenvalue weighted by molar-refractivity contribution is 0.226. The zero-order chi connectivity index (χ0) is 14.2. The highest BCUT2D eigenvalue weighted by Crippen LogP contribution is 2.33. The van der Waals surface area contributed by atoms with Crippen molar-refractivity contribution in [1.29, 1.82) is 0 Å². The number of hydrogen-bond donors (Lipinski definition) is 1. The van der Waals surface area contributed by atoms with Crippen molar-refractivity contribution in [2.24, 2.45) is 5.92 Å². The maximum absolute atomic E-state index is 12.7. The van der Waals surface area contributed by atoms with Gasteiger partial charge in [-0.25, -0.2) is 8.42 Å². The van der Waals surface area contributed by atoms with E-state index in [1.165, 1.54) is 24.2 Å². The summed E-state index contributed by atoms with van der Waals surface area (Å²) in [5.74, 6) is 0.458. The van der Waals surface area contributed by atoms with Gasteiger partial charge in [0, 0.05) is 23.6 Å². The Morgan fingerprint density at radius 2 is 2.20 bits per heavy atom. The van der Waals surface area contributed by atoms with Crippen molar-refractivity contribution in [3.8, 4) is 0 Å². The van der Waals surface area contributed by atoms with Gasteiger partial charge in [0.2, 0.25) is 0 Å². The van der Waals surface area contributed by atoms with E-state index in [-0.39, 0.29) is 0 Å². The molecule has 2 aliphatic rings. The van der Waals surface area contributed by atoms with E-state index < -0.39 is 10.0 Å². The Hall–Kier alpha value is 0.0500. The van der Waals surface area contributed by atoms with Crippen LogP contribution in [0.5, 0.6) is 0 Å². The van der Waals surface area contributed by atoms with Gasteiger partial charge in [-0.1, -0.05) is 0 Å². The molecule has 2 aliphatic heterocycles. The van der Waals surface area contributed by atoms with E-state index in [1.54, 1.807) is 10.4 Å². The van der Waals surface area contributed by atoms with Crippen molar-refractivity contribution in [2.45, 2.75) is 35.9 Å². The summed E-state index contributed by atoms with van der Waals surface area (Å²) in [6.07, 6.45) is 4.49. The molecule has 4 nitrogen and oxygen atoms in total. The predicted molar refractivity (Wildman–Crippen MR) is 84.5 cm³/mol. The summed E-state index contributed by atoms with van der Waals surface area (Å²) in [4.78, 5) is 0. The lowest BCUT2D eigenvalue weighted by atomic mass is 9.91. The topological polar surface area (TPSA) is 49.4 Å². The summed E-state index contributed by atoms with van der Waals surface area (Å²) < 4.78 is 28.2. The van der Waals surface area contributed by atoms with Gasteiger partial charge < -0.3 is 5.32 Å². The number of hydrogen-bond acceptors (Lipinski definition) is 4. The first-order valence-corrected chi connectivity index (χ1v) is 10.2. The summed E-state index contributed by atoms with van der Waals surface area (Å²) in [6, 6.07) is 2.30. The van der Waals surface area contributed by atoms with Crippen molar-refractivity contribution in [2.75, 3.05) is 19.6 Å². The number of nitrogens with one attached hydrogen (secondary N) is 1. The number of piperidine rings is 1. The van der Waals surface area contributed by atoms with Crippen LogP contribution in [-0.2, 0) is 10.0 Å². The fourth-order valence-electron chi connectivity index (χ4n) is 3.22. The first kappa shape index (κ1) is 15.0. The van der Waals surface area contributed by atoms with Crippen LogP contribution in [-0.4, -0.2) is 38.4 Å². The Bertz CT molecular complexity index is 567. The normalized spacial score (nSPS) is 28.9. The fourth-order valence-corrected chi connectivity index (χ4v) is 7.20. The molecule has 20 heavy (non-hydrogen) atoms. The fraction of sp³-hybridized carbons (Fsp3) is 0.692. The molecule has 0 bridgehead atoms. The predicted octanol–water partition coefficient (Wildman–Crippen LogP) is 2.66. The second-order valence-electron chi connectivity index (χ2n) is 5.52. The molecule has 0 spiro atoms. The van der Waals surface area contributed by atoms with Gasteiger partial charge in [0.05, 0.1) is 0 Å². The van der Waals surface area contributed by atoms with Crippen molar-refractivity contribution in [3.05, 3.63) is 15.9 Å². The van der Waals surface area contributed by atoms with Crippen LogP contribution in [0.3, 0.4) is 0 Å². The highest BCUT2D eigenvalue weighted by molar-refractivity contribution is 9.10. The number of nitrogens with zero attached hydrogens (tertiary/aromatic N) is 1. The van der Waals surface area contributed by atoms with Crippen molar-refractivity contribution >= 4 is 37.3 Å². The minimum atomic E-state index is -3.33. The molecule has 2 atom stereocenters. The van der Waals surface area contributed by atoms with Crippen LogP contribution in [0.2, 0.25) is 0 Å². The molecule has 7 heteroatoms. The van der Waals surface area contributed by atoms with E-state index in [4.69, 9.17) is 0 Å². The lowest BCUT2D eigenvalue weighted by Crippen LogP contribution is -2.45. The van der Waals surface area contributed by atoms with Crippen LogP contribution in [0.1, 0.15) is 25.7 Å². The third kappa shape index (κ3) is 2.83. The molecule has 1 aromatic heterocycles. The molecular weight excluding hydrogens is 360 g/mol. The Morgan fingerprint density at radius 3 is 2.85 bits per heavy atom. The summed E-state index contributed by atoms with van der Waals surface area (Å²) in [6.45, 7) is 2.38. The quantitative estimate of drug-likeness (QED) is 0.879. The van der Waals surface area contributed by atoms with Gasteiger partial charge in [0.1, 0.15) is 4.21 Å². The van der Waals surface area contributed by atoms with Gasteiger partial charge in [0.25, 0.3) is 10.0 Å². The molecule has 112 valence electrons. The Kier molecular flexibility index (Phi) is 4.52. The summed E-state index contributed by atoms with van der Waals surface area (Å²) in [5, 5.41) is 5.33. The highest BCUT2D eigenvalue weighted by Gasteiger charge is 2.35. The molecule has 3 rings (SSSR count). The highest BCUT2D eigenvalue weighted by atomic mass is 79.9. The van der Waals surface area contributed by atoms with Gasteiger partial charge in [-0.15, -0.1) is 11.3 Å². The van der Waals surface area contributed by atoms with Crippen LogP contribution in [0, 0.1) is 5.92 Å².